The van der Waals surface area contributed by atoms with Crippen LogP contribution in [0.25, 0.3) is 0 Å². The zero-order chi connectivity index (χ0) is 10.7. The lowest BCUT2D eigenvalue weighted by Crippen LogP contribution is -2.14. The Balaban J connectivity index is 3.06. The summed E-state index contributed by atoms with van der Waals surface area (Å²) < 4.78 is 13.2. The molecule has 0 aliphatic rings. The number of hydrogen-bond donors (Lipinski definition) is 2. The Labute approximate surface area is 83.0 Å². The standard InChI is InChI=1S/C10H15FN2O/c1-13(2)9-5-7(10(14)6-12)3-4-8(9)11/h3-5,10,14H,6,12H2,1-2H3. The summed E-state index contributed by atoms with van der Waals surface area (Å²) in [6.07, 6.45) is -0.728. The molecular weight excluding hydrogens is 183 g/mol. The molecule has 0 aromatic heterocycles. The van der Waals surface area contributed by atoms with Crippen LogP contribution in [0.1, 0.15) is 11.7 Å². The van der Waals surface area contributed by atoms with Crippen molar-refractivity contribution in [2.24, 2.45) is 5.73 Å². The van der Waals surface area contributed by atoms with Crippen LogP contribution in [0, 0.1) is 5.82 Å². The number of aliphatic hydroxyl groups is 1. The van der Waals surface area contributed by atoms with Crippen LogP contribution in [-0.4, -0.2) is 25.7 Å². The third-order valence-electron chi connectivity index (χ3n) is 2.06. The Bertz CT molecular complexity index is 315. The second-order valence-corrected chi connectivity index (χ2v) is 3.36. The molecule has 0 fully saturated rings. The van der Waals surface area contributed by atoms with Crippen LogP contribution in [0.4, 0.5) is 10.1 Å². The van der Waals surface area contributed by atoms with E-state index in [1.54, 1.807) is 31.1 Å². The van der Waals surface area contributed by atoms with Crippen molar-refractivity contribution in [2.45, 2.75) is 6.10 Å². The highest BCUT2D eigenvalue weighted by molar-refractivity contribution is 5.49. The normalized spacial score (nSPS) is 12.6. The van der Waals surface area contributed by atoms with Crippen LogP contribution in [0.5, 0.6) is 0 Å². The summed E-state index contributed by atoms with van der Waals surface area (Å²) >= 11 is 0. The van der Waals surface area contributed by atoms with E-state index in [0.29, 0.717) is 11.3 Å². The lowest BCUT2D eigenvalue weighted by Gasteiger charge is -2.16. The molecule has 0 saturated heterocycles. The number of anilines is 1. The van der Waals surface area contributed by atoms with E-state index in [2.05, 4.69) is 0 Å². The maximum Gasteiger partial charge on any atom is 0.146 e. The van der Waals surface area contributed by atoms with E-state index in [0.717, 1.165) is 0 Å². The van der Waals surface area contributed by atoms with Gasteiger partial charge in [0, 0.05) is 20.6 Å². The van der Waals surface area contributed by atoms with Gasteiger partial charge in [0.15, 0.2) is 0 Å². The van der Waals surface area contributed by atoms with Crippen LogP contribution in [0.3, 0.4) is 0 Å². The van der Waals surface area contributed by atoms with Gasteiger partial charge in [0.2, 0.25) is 0 Å². The number of nitrogens with zero attached hydrogens (tertiary/aromatic N) is 1. The van der Waals surface area contributed by atoms with Crippen LogP contribution in [-0.2, 0) is 0 Å². The van der Waals surface area contributed by atoms with Gasteiger partial charge >= 0.3 is 0 Å². The summed E-state index contributed by atoms with van der Waals surface area (Å²) in [5.41, 5.74) is 6.40. The number of hydrogen-bond acceptors (Lipinski definition) is 3. The molecule has 0 spiro atoms. The minimum absolute atomic E-state index is 0.137. The van der Waals surface area contributed by atoms with E-state index in [1.165, 1.54) is 6.07 Å². The molecule has 4 heteroatoms. The molecule has 0 bridgehead atoms. The number of halogens is 1. The highest BCUT2D eigenvalue weighted by atomic mass is 19.1. The SMILES string of the molecule is CN(C)c1cc(C(O)CN)ccc1F. The summed E-state index contributed by atoms with van der Waals surface area (Å²) in [5.74, 6) is -0.303. The molecule has 0 aliphatic carbocycles. The zero-order valence-corrected chi connectivity index (χ0v) is 8.37. The maximum atomic E-state index is 13.2. The lowest BCUT2D eigenvalue weighted by atomic mass is 10.1. The first-order valence-electron chi connectivity index (χ1n) is 4.41. The Morgan fingerprint density at radius 3 is 2.64 bits per heavy atom. The molecule has 0 aliphatic heterocycles. The first kappa shape index (κ1) is 10.9. The Hall–Kier alpha value is -1.13. The van der Waals surface area contributed by atoms with Gasteiger partial charge in [-0.1, -0.05) is 6.07 Å². The topological polar surface area (TPSA) is 49.5 Å². The smallest absolute Gasteiger partial charge is 0.146 e. The summed E-state index contributed by atoms with van der Waals surface area (Å²) in [6, 6.07) is 4.48. The van der Waals surface area contributed by atoms with Gasteiger partial charge in [0.1, 0.15) is 5.82 Å². The predicted molar refractivity (Wildman–Crippen MR) is 54.7 cm³/mol. The van der Waals surface area contributed by atoms with Gasteiger partial charge in [-0.3, -0.25) is 0 Å². The fraction of sp³-hybridized carbons (Fsp3) is 0.400. The van der Waals surface area contributed by atoms with Gasteiger partial charge in [-0.2, -0.15) is 0 Å². The van der Waals surface area contributed by atoms with E-state index in [4.69, 9.17) is 5.73 Å². The molecule has 1 aromatic carbocycles. The summed E-state index contributed by atoms with van der Waals surface area (Å²) in [7, 11) is 3.49. The molecule has 1 unspecified atom stereocenters. The highest BCUT2D eigenvalue weighted by Crippen LogP contribution is 2.22. The Morgan fingerprint density at radius 1 is 1.50 bits per heavy atom. The van der Waals surface area contributed by atoms with Gasteiger partial charge in [0.05, 0.1) is 11.8 Å². The van der Waals surface area contributed by atoms with Gasteiger partial charge in [0.25, 0.3) is 0 Å². The first-order chi connectivity index (χ1) is 6.56. The summed E-state index contributed by atoms with van der Waals surface area (Å²) in [6.45, 7) is 0.137. The molecule has 1 rings (SSSR count). The minimum atomic E-state index is -0.728. The molecule has 0 saturated carbocycles. The van der Waals surface area contributed by atoms with Gasteiger partial charge in [-0.05, 0) is 17.7 Å². The fourth-order valence-electron chi connectivity index (χ4n) is 1.22. The van der Waals surface area contributed by atoms with Crippen LogP contribution in [0.2, 0.25) is 0 Å². The molecule has 3 N–H and O–H groups in total. The largest absolute Gasteiger partial charge is 0.387 e. The fourth-order valence-corrected chi connectivity index (χ4v) is 1.22. The minimum Gasteiger partial charge on any atom is -0.387 e. The van der Waals surface area contributed by atoms with E-state index in [1.807, 2.05) is 0 Å². The lowest BCUT2D eigenvalue weighted by molar-refractivity contribution is 0.186. The Kier molecular flexibility index (Phi) is 3.43. The van der Waals surface area contributed by atoms with Crippen molar-refractivity contribution in [3.05, 3.63) is 29.6 Å². The van der Waals surface area contributed by atoms with Crippen molar-refractivity contribution in [3.8, 4) is 0 Å². The maximum absolute atomic E-state index is 13.2. The second kappa shape index (κ2) is 4.39. The number of rotatable bonds is 3. The number of benzene rings is 1. The predicted octanol–water partition coefficient (Wildman–Crippen LogP) is 0.884. The monoisotopic (exact) mass is 198 g/mol. The van der Waals surface area contributed by atoms with Gasteiger partial charge < -0.3 is 15.7 Å². The van der Waals surface area contributed by atoms with Crippen LogP contribution < -0.4 is 10.6 Å². The molecule has 0 amide bonds. The van der Waals surface area contributed by atoms with E-state index >= 15 is 0 Å². The second-order valence-electron chi connectivity index (χ2n) is 3.36. The van der Waals surface area contributed by atoms with Crippen molar-refractivity contribution in [2.75, 3.05) is 25.5 Å². The average Bonchev–Trinajstić information content (AvgIpc) is 2.17. The third kappa shape index (κ3) is 2.21. The molecular formula is C10H15FN2O. The molecule has 1 atom stereocenters. The highest BCUT2D eigenvalue weighted by Gasteiger charge is 2.10. The number of aliphatic hydroxyl groups excluding tert-OH is 1. The quantitative estimate of drug-likeness (QED) is 0.758. The van der Waals surface area contributed by atoms with Crippen molar-refractivity contribution < 1.29 is 9.50 Å². The van der Waals surface area contributed by atoms with Crippen LogP contribution in [0.15, 0.2) is 18.2 Å². The van der Waals surface area contributed by atoms with Gasteiger partial charge in [-0.15, -0.1) is 0 Å². The molecule has 14 heavy (non-hydrogen) atoms. The first-order valence-corrected chi connectivity index (χ1v) is 4.41. The van der Waals surface area contributed by atoms with Crippen LogP contribution >= 0.6 is 0 Å². The van der Waals surface area contributed by atoms with E-state index in [9.17, 15) is 9.50 Å². The summed E-state index contributed by atoms with van der Waals surface area (Å²) in [5, 5.41) is 9.46. The van der Waals surface area contributed by atoms with Crippen molar-refractivity contribution >= 4 is 5.69 Å². The van der Waals surface area contributed by atoms with E-state index < -0.39 is 6.10 Å². The molecule has 78 valence electrons. The molecule has 0 radical (unpaired) electrons. The molecule has 3 nitrogen and oxygen atoms in total. The number of nitrogens with two attached hydrogens (primary N) is 1. The van der Waals surface area contributed by atoms with E-state index in [-0.39, 0.29) is 12.4 Å². The molecule has 1 aromatic rings. The molecule has 0 heterocycles. The van der Waals surface area contributed by atoms with Crippen molar-refractivity contribution in [1.29, 1.82) is 0 Å². The summed E-state index contributed by atoms with van der Waals surface area (Å²) in [4.78, 5) is 1.65. The average molecular weight is 198 g/mol. The van der Waals surface area contributed by atoms with Crippen molar-refractivity contribution in [3.63, 3.8) is 0 Å². The van der Waals surface area contributed by atoms with Crippen molar-refractivity contribution in [1.82, 2.24) is 0 Å². The Morgan fingerprint density at radius 2 is 2.14 bits per heavy atom. The third-order valence-corrected chi connectivity index (χ3v) is 2.06. The van der Waals surface area contributed by atoms with Gasteiger partial charge in [-0.25, -0.2) is 4.39 Å². The zero-order valence-electron chi connectivity index (χ0n) is 8.37.